The Kier molecular flexibility index (Phi) is 4.71. The van der Waals surface area contributed by atoms with Gasteiger partial charge in [0.25, 0.3) is 0 Å². The molecule has 1 aromatic carbocycles. The Hall–Kier alpha value is -2.87. The van der Waals surface area contributed by atoms with Crippen molar-refractivity contribution in [2.24, 2.45) is 0 Å². The van der Waals surface area contributed by atoms with Crippen LogP contribution >= 0.6 is 0 Å². The van der Waals surface area contributed by atoms with E-state index in [0.29, 0.717) is 17.3 Å². The van der Waals surface area contributed by atoms with Crippen LogP contribution in [0.15, 0.2) is 24.3 Å². The van der Waals surface area contributed by atoms with Gasteiger partial charge < -0.3 is 25.3 Å². The first-order valence-corrected chi connectivity index (χ1v) is 8.05. The first-order valence-electron chi connectivity index (χ1n) is 8.05. The van der Waals surface area contributed by atoms with Crippen molar-refractivity contribution in [2.75, 3.05) is 43.4 Å². The highest BCUT2D eigenvalue weighted by atomic mass is 16.4. The summed E-state index contributed by atoms with van der Waals surface area (Å²) in [6.07, 6.45) is 0. The quantitative estimate of drug-likeness (QED) is 0.721. The lowest BCUT2D eigenvalue weighted by Gasteiger charge is -2.33. The van der Waals surface area contributed by atoms with E-state index in [2.05, 4.69) is 32.1 Å². The zero-order chi connectivity index (χ0) is 18.0. The molecule has 1 aliphatic heterocycles. The lowest BCUT2D eigenvalue weighted by atomic mass is 10.2. The van der Waals surface area contributed by atoms with Gasteiger partial charge in [0.1, 0.15) is 23.2 Å². The third kappa shape index (κ3) is 3.97. The lowest BCUT2D eigenvalue weighted by molar-refractivity contribution is 0.0697. The second-order valence-corrected chi connectivity index (χ2v) is 6.11. The summed E-state index contributed by atoms with van der Waals surface area (Å²) in [6.45, 7) is 5.50. The van der Waals surface area contributed by atoms with Crippen molar-refractivity contribution < 1.29 is 15.0 Å². The summed E-state index contributed by atoms with van der Waals surface area (Å²) < 4.78 is 0. The van der Waals surface area contributed by atoms with Crippen LogP contribution in [0.25, 0.3) is 0 Å². The number of carbonyl (C=O) groups is 1. The number of rotatable bonds is 4. The molecular weight excluding hydrogens is 322 g/mol. The minimum Gasteiger partial charge on any atom is -0.506 e. The molecule has 0 unspecified atom stereocenters. The van der Waals surface area contributed by atoms with Gasteiger partial charge in [-0.2, -0.15) is 0 Å². The number of aromatic carboxylic acids is 1. The molecule has 8 nitrogen and oxygen atoms in total. The van der Waals surface area contributed by atoms with Crippen LogP contribution in [0, 0.1) is 6.92 Å². The first-order chi connectivity index (χ1) is 11.9. The molecular formula is C17H21N5O3. The van der Waals surface area contributed by atoms with Gasteiger partial charge in [-0.1, -0.05) is 0 Å². The predicted octanol–water partition coefficient (Wildman–Crippen LogP) is 1.68. The van der Waals surface area contributed by atoms with Crippen molar-refractivity contribution in [3.8, 4) is 5.75 Å². The van der Waals surface area contributed by atoms with E-state index in [4.69, 9.17) is 5.11 Å². The van der Waals surface area contributed by atoms with Gasteiger partial charge in [-0.05, 0) is 32.2 Å². The summed E-state index contributed by atoms with van der Waals surface area (Å²) in [5.74, 6) is 0.839. The number of nitrogens with zero attached hydrogens (tertiary/aromatic N) is 4. The van der Waals surface area contributed by atoms with Crippen LogP contribution in [-0.4, -0.2) is 64.3 Å². The molecule has 1 saturated heterocycles. The van der Waals surface area contributed by atoms with Crippen LogP contribution in [0.3, 0.4) is 0 Å². The zero-order valence-corrected chi connectivity index (χ0v) is 14.2. The van der Waals surface area contributed by atoms with E-state index >= 15 is 0 Å². The number of hydrogen-bond acceptors (Lipinski definition) is 7. The third-order valence-electron chi connectivity index (χ3n) is 4.16. The molecule has 0 saturated carbocycles. The maximum Gasteiger partial charge on any atom is 0.335 e. The smallest absolute Gasteiger partial charge is 0.335 e. The van der Waals surface area contributed by atoms with Crippen molar-refractivity contribution in [3.63, 3.8) is 0 Å². The number of aryl methyl sites for hydroxylation is 1. The molecule has 8 heteroatoms. The summed E-state index contributed by atoms with van der Waals surface area (Å²) in [6, 6.07) is 5.89. The highest BCUT2D eigenvalue weighted by Gasteiger charge is 2.17. The molecule has 0 atom stereocenters. The summed E-state index contributed by atoms with van der Waals surface area (Å²) in [7, 11) is 2.09. The molecule has 25 heavy (non-hydrogen) atoms. The monoisotopic (exact) mass is 343 g/mol. The minimum absolute atomic E-state index is 0.0394. The topological polar surface area (TPSA) is 102 Å². The molecule has 2 aromatic rings. The van der Waals surface area contributed by atoms with Gasteiger partial charge in [0.2, 0.25) is 0 Å². The Bertz CT molecular complexity index is 788. The van der Waals surface area contributed by atoms with Crippen LogP contribution < -0.4 is 10.2 Å². The van der Waals surface area contributed by atoms with E-state index in [0.717, 1.165) is 32.0 Å². The van der Waals surface area contributed by atoms with Gasteiger partial charge in [0.05, 0.1) is 11.3 Å². The van der Waals surface area contributed by atoms with E-state index in [1.54, 1.807) is 6.92 Å². The number of phenols is 1. The molecule has 1 aromatic heterocycles. The fourth-order valence-corrected chi connectivity index (χ4v) is 2.72. The molecule has 0 radical (unpaired) electrons. The Balaban J connectivity index is 1.86. The largest absolute Gasteiger partial charge is 0.506 e. The van der Waals surface area contributed by atoms with E-state index in [1.807, 2.05) is 6.07 Å². The molecule has 132 valence electrons. The van der Waals surface area contributed by atoms with Crippen LogP contribution in [0.5, 0.6) is 5.75 Å². The molecule has 1 aliphatic rings. The Morgan fingerprint density at radius 2 is 1.88 bits per heavy atom. The van der Waals surface area contributed by atoms with E-state index < -0.39 is 5.97 Å². The number of benzene rings is 1. The van der Waals surface area contributed by atoms with Gasteiger partial charge in [-0.15, -0.1) is 0 Å². The number of carboxylic acid groups (broad SMARTS) is 1. The molecule has 0 bridgehead atoms. The van der Waals surface area contributed by atoms with Crippen LogP contribution in [0.2, 0.25) is 0 Å². The second-order valence-electron chi connectivity index (χ2n) is 6.11. The fourth-order valence-electron chi connectivity index (χ4n) is 2.72. The third-order valence-corrected chi connectivity index (χ3v) is 4.16. The summed E-state index contributed by atoms with van der Waals surface area (Å²) in [4.78, 5) is 24.4. The summed E-state index contributed by atoms with van der Waals surface area (Å²) in [5, 5.41) is 22.1. The van der Waals surface area contributed by atoms with Crippen LogP contribution in [0.1, 0.15) is 16.2 Å². The molecule has 0 amide bonds. The Labute approximate surface area is 145 Å². The number of likely N-dealkylation sites (N-methyl/N-ethyl adjacent to an activating group) is 1. The number of nitrogens with one attached hydrogen (secondary N) is 1. The lowest BCUT2D eigenvalue weighted by Crippen LogP contribution is -2.44. The SMILES string of the molecule is Cc1nc(Nc2cc(C(=O)O)ccc2O)cc(N2CCN(C)CC2)n1. The molecule has 0 spiro atoms. The van der Waals surface area contributed by atoms with Gasteiger partial charge in [-0.3, -0.25) is 0 Å². The highest BCUT2D eigenvalue weighted by molar-refractivity contribution is 5.90. The van der Waals surface area contributed by atoms with Crippen molar-refractivity contribution in [3.05, 3.63) is 35.7 Å². The first kappa shape index (κ1) is 17.0. The number of aromatic hydroxyl groups is 1. The van der Waals surface area contributed by atoms with Gasteiger partial charge >= 0.3 is 5.97 Å². The standard InChI is InChI=1S/C17H21N5O3/c1-11-18-15(10-16(19-11)22-7-5-21(2)6-8-22)20-13-9-12(17(24)25)3-4-14(13)23/h3-4,9-10,23H,5-8H2,1-2H3,(H,24,25)(H,18,19,20). The molecule has 2 heterocycles. The number of piperazine rings is 1. The average molecular weight is 343 g/mol. The van der Waals surface area contributed by atoms with Crippen LogP contribution in [0.4, 0.5) is 17.3 Å². The van der Waals surface area contributed by atoms with Gasteiger partial charge in [-0.25, -0.2) is 14.8 Å². The predicted molar refractivity (Wildman–Crippen MR) is 94.8 cm³/mol. The normalized spacial score (nSPS) is 15.2. The Morgan fingerprint density at radius 3 is 2.56 bits per heavy atom. The summed E-state index contributed by atoms with van der Waals surface area (Å²) in [5.41, 5.74) is 0.382. The number of carboxylic acids is 1. The van der Waals surface area contributed by atoms with E-state index in [-0.39, 0.29) is 11.3 Å². The van der Waals surface area contributed by atoms with Gasteiger partial charge in [0.15, 0.2) is 0 Å². The fraction of sp³-hybridized carbons (Fsp3) is 0.353. The number of phenolic OH excluding ortho intramolecular Hbond substituents is 1. The maximum atomic E-state index is 11.1. The maximum absolute atomic E-state index is 11.1. The number of aromatic nitrogens is 2. The van der Waals surface area contributed by atoms with Crippen molar-refractivity contribution in [1.29, 1.82) is 0 Å². The molecule has 0 aliphatic carbocycles. The van der Waals surface area contributed by atoms with Crippen molar-refractivity contribution in [1.82, 2.24) is 14.9 Å². The molecule has 3 rings (SSSR count). The average Bonchev–Trinajstić information content (AvgIpc) is 2.57. The number of anilines is 3. The van der Waals surface area contributed by atoms with E-state index in [1.165, 1.54) is 18.2 Å². The molecule has 1 fully saturated rings. The van der Waals surface area contributed by atoms with Crippen molar-refractivity contribution >= 4 is 23.3 Å². The summed E-state index contributed by atoms with van der Waals surface area (Å²) >= 11 is 0. The second kappa shape index (κ2) is 6.94. The Morgan fingerprint density at radius 1 is 1.16 bits per heavy atom. The molecule has 3 N–H and O–H groups in total. The number of hydrogen-bond donors (Lipinski definition) is 3. The minimum atomic E-state index is -1.06. The zero-order valence-electron chi connectivity index (χ0n) is 14.2. The van der Waals surface area contributed by atoms with Gasteiger partial charge in [0, 0.05) is 32.2 Å². The highest BCUT2D eigenvalue weighted by Crippen LogP contribution is 2.28. The van der Waals surface area contributed by atoms with E-state index in [9.17, 15) is 9.90 Å². The van der Waals surface area contributed by atoms with Crippen molar-refractivity contribution in [2.45, 2.75) is 6.92 Å². The van der Waals surface area contributed by atoms with Crippen LogP contribution in [-0.2, 0) is 0 Å².